The van der Waals surface area contributed by atoms with Gasteiger partial charge in [-0.15, -0.1) is 0 Å². The van der Waals surface area contributed by atoms with Gasteiger partial charge in [0.05, 0.1) is 11.5 Å². The maximum absolute atomic E-state index is 12.4. The van der Waals surface area contributed by atoms with Gasteiger partial charge in [-0.1, -0.05) is 0 Å². The first-order chi connectivity index (χ1) is 12.4. The highest BCUT2D eigenvalue weighted by atomic mass is 32.2. The fourth-order valence-corrected chi connectivity index (χ4v) is 3.17. The lowest BCUT2D eigenvalue weighted by Gasteiger charge is -2.13. The Morgan fingerprint density at radius 2 is 1.85 bits per heavy atom. The molecule has 0 aliphatic carbocycles. The zero-order chi connectivity index (χ0) is 19.0. The summed E-state index contributed by atoms with van der Waals surface area (Å²) in [6, 6.07) is 9.95. The highest BCUT2D eigenvalue weighted by Crippen LogP contribution is 2.17. The van der Waals surface area contributed by atoms with Crippen molar-refractivity contribution in [3.8, 4) is 5.75 Å². The first kappa shape index (κ1) is 20.2. The number of benzene rings is 1. The molecule has 0 atom stereocenters. The number of hydrogen-bond donors (Lipinski definition) is 1. The van der Waals surface area contributed by atoms with Crippen LogP contribution in [0.1, 0.15) is 12.5 Å². The van der Waals surface area contributed by atoms with Crippen LogP contribution in [0.2, 0.25) is 0 Å². The second-order valence-electron chi connectivity index (χ2n) is 5.76. The van der Waals surface area contributed by atoms with Crippen LogP contribution in [0.25, 0.3) is 0 Å². The van der Waals surface area contributed by atoms with Crippen molar-refractivity contribution in [1.29, 1.82) is 0 Å². The Kier molecular flexibility index (Phi) is 7.38. The number of ether oxygens (including phenoxy) is 2. The Balaban J connectivity index is 1.96. The number of sulfonamides is 1. The van der Waals surface area contributed by atoms with Gasteiger partial charge in [0.2, 0.25) is 10.0 Å². The van der Waals surface area contributed by atoms with E-state index in [1.807, 2.05) is 32.0 Å². The second-order valence-corrected chi connectivity index (χ2v) is 7.53. The Hall–Kier alpha value is -2.16. The first-order valence-corrected chi connectivity index (χ1v) is 9.83. The molecule has 0 saturated carbocycles. The number of nitrogens with zero attached hydrogens (tertiary/aromatic N) is 2. The van der Waals surface area contributed by atoms with Crippen LogP contribution >= 0.6 is 0 Å². The van der Waals surface area contributed by atoms with Crippen LogP contribution in [0.3, 0.4) is 0 Å². The summed E-state index contributed by atoms with van der Waals surface area (Å²) in [6.07, 6.45) is 1.66. The molecule has 0 aliphatic heterocycles. The predicted molar refractivity (Wildman–Crippen MR) is 101 cm³/mol. The van der Waals surface area contributed by atoms with E-state index in [9.17, 15) is 8.42 Å². The SMILES string of the molecule is CCOCCOc1ccc(S(=O)(=O)NCc2ccnc(N(C)C)c2)cc1. The topological polar surface area (TPSA) is 80.8 Å². The summed E-state index contributed by atoms with van der Waals surface area (Å²) in [5, 5.41) is 0. The Bertz CT molecular complexity index is 792. The molecular weight excluding hydrogens is 354 g/mol. The molecule has 8 heteroatoms. The Morgan fingerprint density at radius 3 is 2.50 bits per heavy atom. The smallest absolute Gasteiger partial charge is 0.240 e. The highest BCUT2D eigenvalue weighted by molar-refractivity contribution is 7.89. The number of nitrogens with one attached hydrogen (secondary N) is 1. The summed E-state index contributed by atoms with van der Waals surface area (Å²) >= 11 is 0. The quantitative estimate of drug-likeness (QED) is 0.637. The molecule has 0 saturated heterocycles. The van der Waals surface area contributed by atoms with E-state index < -0.39 is 10.0 Å². The molecule has 2 rings (SSSR count). The number of hydrogen-bond acceptors (Lipinski definition) is 6. The Morgan fingerprint density at radius 1 is 1.12 bits per heavy atom. The molecule has 2 aromatic rings. The summed E-state index contributed by atoms with van der Waals surface area (Å²) in [4.78, 5) is 6.27. The lowest BCUT2D eigenvalue weighted by Crippen LogP contribution is -2.23. The second kappa shape index (κ2) is 9.51. The molecular formula is C18H25N3O4S. The number of pyridine rings is 1. The monoisotopic (exact) mass is 379 g/mol. The van der Waals surface area contributed by atoms with E-state index in [2.05, 4.69) is 9.71 Å². The third kappa shape index (κ3) is 5.98. The van der Waals surface area contributed by atoms with E-state index in [4.69, 9.17) is 9.47 Å². The molecule has 1 aromatic heterocycles. The third-order valence-corrected chi connectivity index (χ3v) is 4.99. The van der Waals surface area contributed by atoms with Crippen LogP contribution in [0.5, 0.6) is 5.75 Å². The van der Waals surface area contributed by atoms with Crippen LogP contribution in [-0.4, -0.2) is 47.3 Å². The van der Waals surface area contributed by atoms with Crippen molar-refractivity contribution in [2.24, 2.45) is 0 Å². The maximum Gasteiger partial charge on any atom is 0.240 e. The molecule has 0 amide bonds. The largest absolute Gasteiger partial charge is 0.491 e. The molecule has 0 bridgehead atoms. The minimum atomic E-state index is -3.60. The van der Waals surface area contributed by atoms with Gasteiger partial charge in [0.15, 0.2) is 0 Å². The van der Waals surface area contributed by atoms with Crippen LogP contribution in [0, 0.1) is 0 Å². The standard InChI is InChI=1S/C18H25N3O4S/c1-4-24-11-12-25-16-5-7-17(8-6-16)26(22,23)20-14-15-9-10-19-18(13-15)21(2)3/h5-10,13,20H,4,11-12,14H2,1-3H3. The van der Waals surface area contributed by atoms with E-state index in [0.29, 0.717) is 25.6 Å². The van der Waals surface area contributed by atoms with Crippen LogP contribution in [0.4, 0.5) is 5.82 Å². The molecule has 7 nitrogen and oxygen atoms in total. The molecule has 1 N–H and O–H groups in total. The van der Waals surface area contributed by atoms with Crippen molar-refractivity contribution in [2.75, 3.05) is 38.8 Å². The van der Waals surface area contributed by atoms with Gasteiger partial charge in [0.25, 0.3) is 0 Å². The van der Waals surface area contributed by atoms with Gasteiger partial charge >= 0.3 is 0 Å². The number of anilines is 1. The summed E-state index contributed by atoms with van der Waals surface area (Å²) in [6.45, 7) is 3.67. The summed E-state index contributed by atoms with van der Waals surface area (Å²) in [5.41, 5.74) is 0.836. The van der Waals surface area contributed by atoms with Crippen molar-refractivity contribution in [3.63, 3.8) is 0 Å². The molecule has 26 heavy (non-hydrogen) atoms. The van der Waals surface area contributed by atoms with Crippen molar-refractivity contribution < 1.29 is 17.9 Å². The van der Waals surface area contributed by atoms with Crippen LogP contribution in [-0.2, 0) is 21.3 Å². The van der Waals surface area contributed by atoms with Gasteiger partial charge in [-0.2, -0.15) is 0 Å². The van der Waals surface area contributed by atoms with Gasteiger partial charge in [-0.3, -0.25) is 0 Å². The van der Waals surface area contributed by atoms with E-state index >= 15 is 0 Å². The van der Waals surface area contributed by atoms with Crippen LogP contribution < -0.4 is 14.4 Å². The summed E-state index contributed by atoms with van der Waals surface area (Å²) < 4.78 is 38.2. The minimum Gasteiger partial charge on any atom is -0.491 e. The molecule has 0 aliphatic rings. The predicted octanol–water partition coefficient (Wildman–Crippen LogP) is 2.04. The fraction of sp³-hybridized carbons (Fsp3) is 0.389. The van der Waals surface area contributed by atoms with Gasteiger partial charge in [0.1, 0.15) is 18.2 Å². The molecule has 0 fully saturated rings. The molecule has 142 valence electrons. The number of rotatable bonds is 10. The van der Waals surface area contributed by atoms with Gasteiger partial charge < -0.3 is 14.4 Å². The van der Waals surface area contributed by atoms with Crippen molar-refractivity contribution in [3.05, 3.63) is 48.2 Å². The van der Waals surface area contributed by atoms with Crippen molar-refractivity contribution in [2.45, 2.75) is 18.4 Å². The lowest BCUT2D eigenvalue weighted by atomic mass is 10.2. The average molecular weight is 379 g/mol. The Labute approximate surface area is 155 Å². The first-order valence-electron chi connectivity index (χ1n) is 8.35. The molecule has 0 radical (unpaired) electrons. The fourth-order valence-electron chi connectivity index (χ4n) is 2.15. The summed E-state index contributed by atoms with van der Waals surface area (Å²) in [5.74, 6) is 1.38. The zero-order valence-electron chi connectivity index (χ0n) is 15.3. The van der Waals surface area contributed by atoms with Gasteiger partial charge in [-0.05, 0) is 48.9 Å². The maximum atomic E-state index is 12.4. The molecule has 1 aromatic carbocycles. The number of aromatic nitrogens is 1. The molecule has 0 unspecified atom stereocenters. The van der Waals surface area contributed by atoms with E-state index in [1.165, 1.54) is 12.1 Å². The van der Waals surface area contributed by atoms with Crippen molar-refractivity contribution >= 4 is 15.8 Å². The molecule has 1 heterocycles. The third-order valence-electron chi connectivity index (χ3n) is 3.57. The van der Waals surface area contributed by atoms with E-state index in [1.54, 1.807) is 24.4 Å². The zero-order valence-corrected chi connectivity index (χ0v) is 16.1. The molecule has 0 spiro atoms. The van der Waals surface area contributed by atoms with E-state index in [0.717, 1.165) is 11.4 Å². The lowest BCUT2D eigenvalue weighted by molar-refractivity contribution is 0.110. The van der Waals surface area contributed by atoms with E-state index in [-0.39, 0.29) is 11.4 Å². The average Bonchev–Trinajstić information content (AvgIpc) is 2.64. The normalized spacial score (nSPS) is 11.3. The van der Waals surface area contributed by atoms with Gasteiger partial charge in [-0.25, -0.2) is 18.1 Å². The minimum absolute atomic E-state index is 0.191. The van der Waals surface area contributed by atoms with Crippen molar-refractivity contribution in [1.82, 2.24) is 9.71 Å². The van der Waals surface area contributed by atoms with Gasteiger partial charge in [0, 0.05) is 33.4 Å². The summed E-state index contributed by atoms with van der Waals surface area (Å²) in [7, 11) is 0.165. The highest BCUT2D eigenvalue weighted by Gasteiger charge is 2.14. The van der Waals surface area contributed by atoms with Crippen LogP contribution in [0.15, 0.2) is 47.5 Å².